The number of rotatable bonds is 2. The van der Waals surface area contributed by atoms with Gasteiger partial charge in [0, 0.05) is 49.5 Å². The van der Waals surface area contributed by atoms with E-state index in [9.17, 15) is 4.79 Å². The summed E-state index contributed by atoms with van der Waals surface area (Å²) in [4.78, 5) is 29.5. The van der Waals surface area contributed by atoms with Crippen LogP contribution >= 0.6 is 11.5 Å². The van der Waals surface area contributed by atoms with Crippen LogP contribution in [-0.2, 0) is 4.74 Å². The van der Waals surface area contributed by atoms with Gasteiger partial charge in [0.25, 0.3) is 5.91 Å². The smallest absolute Gasteiger partial charge is 0.274 e. The van der Waals surface area contributed by atoms with E-state index in [1.165, 1.54) is 17.7 Å². The van der Waals surface area contributed by atoms with E-state index in [4.69, 9.17) is 4.74 Å². The predicted molar refractivity (Wildman–Crippen MR) is 88.0 cm³/mol. The van der Waals surface area contributed by atoms with Gasteiger partial charge in [-0.05, 0) is 6.92 Å². The molecule has 2 bridgehead atoms. The van der Waals surface area contributed by atoms with E-state index < -0.39 is 0 Å². The van der Waals surface area contributed by atoms with Crippen LogP contribution in [0.15, 0.2) is 18.6 Å². The molecule has 0 aromatic carbocycles. The number of aromatic nitrogens is 4. The van der Waals surface area contributed by atoms with E-state index >= 15 is 0 Å². The van der Waals surface area contributed by atoms with Crippen LogP contribution in [-0.4, -0.2) is 69.0 Å². The number of hydrogen-bond donors (Lipinski definition) is 0. The fourth-order valence-corrected chi connectivity index (χ4v) is 3.97. The number of aryl methyl sites for hydroxylation is 1. The second kappa shape index (κ2) is 6.40. The quantitative estimate of drug-likeness (QED) is 0.788. The van der Waals surface area contributed by atoms with Gasteiger partial charge in [0.1, 0.15) is 11.5 Å². The number of ether oxygens (including phenoxy) is 1. The average molecular weight is 346 g/mol. The fourth-order valence-electron chi connectivity index (χ4n) is 3.22. The van der Waals surface area contributed by atoms with E-state index in [1.807, 2.05) is 11.8 Å². The maximum absolute atomic E-state index is 12.8. The largest absolute Gasteiger partial charge is 0.379 e. The molecule has 126 valence electrons. The minimum Gasteiger partial charge on any atom is -0.379 e. The molecule has 0 aliphatic carbocycles. The maximum atomic E-state index is 12.8. The molecule has 2 fully saturated rings. The summed E-state index contributed by atoms with van der Waals surface area (Å²) in [7, 11) is 0. The van der Waals surface area contributed by atoms with E-state index in [2.05, 4.69) is 24.2 Å². The molecular formula is C15H18N6O2S. The molecule has 0 spiro atoms. The van der Waals surface area contributed by atoms with Gasteiger partial charge in [-0.1, -0.05) is 0 Å². The minimum absolute atomic E-state index is 0.0738. The lowest BCUT2D eigenvalue weighted by Crippen LogP contribution is -2.46. The third-order valence-corrected chi connectivity index (χ3v) is 5.15. The van der Waals surface area contributed by atoms with E-state index in [-0.39, 0.29) is 17.9 Å². The van der Waals surface area contributed by atoms with Gasteiger partial charge in [-0.15, -0.1) is 0 Å². The van der Waals surface area contributed by atoms with Gasteiger partial charge in [-0.2, -0.15) is 4.37 Å². The first-order valence-electron chi connectivity index (χ1n) is 7.90. The monoisotopic (exact) mass is 346 g/mol. The third kappa shape index (κ3) is 2.96. The van der Waals surface area contributed by atoms with Crippen molar-refractivity contribution in [2.45, 2.75) is 13.0 Å². The summed E-state index contributed by atoms with van der Waals surface area (Å²) in [6.45, 7) is 5.19. The van der Waals surface area contributed by atoms with Crippen LogP contribution in [0.2, 0.25) is 0 Å². The van der Waals surface area contributed by atoms with Crippen molar-refractivity contribution < 1.29 is 9.53 Å². The Bertz CT molecular complexity index is 724. The summed E-state index contributed by atoms with van der Waals surface area (Å²) < 4.78 is 10.1. The van der Waals surface area contributed by atoms with Crippen molar-refractivity contribution in [2.75, 3.05) is 37.7 Å². The number of carbonyl (C=O) groups is 1. The number of carbonyl (C=O) groups excluding carboxylic acids is 1. The van der Waals surface area contributed by atoms with Crippen molar-refractivity contribution in [3.8, 4) is 0 Å². The summed E-state index contributed by atoms with van der Waals surface area (Å²) in [6.07, 6.45) is 4.64. The zero-order valence-electron chi connectivity index (χ0n) is 13.3. The average Bonchev–Trinajstić information content (AvgIpc) is 2.81. The van der Waals surface area contributed by atoms with Crippen molar-refractivity contribution in [3.05, 3.63) is 30.1 Å². The summed E-state index contributed by atoms with van der Waals surface area (Å²) in [5, 5.41) is 0.904. The number of amides is 1. The van der Waals surface area contributed by atoms with Gasteiger partial charge in [0.2, 0.25) is 5.13 Å². The van der Waals surface area contributed by atoms with Crippen molar-refractivity contribution >= 4 is 22.6 Å². The van der Waals surface area contributed by atoms with Gasteiger partial charge in [-0.3, -0.25) is 9.78 Å². The summed E-state index contributed by atoms with van der Waals surface area (Å²) in [6, 6.07) is 0.0745. The second-order valence-corrected chi connectivity index (χ2v) is 6.86. The van der Waals surface area contributed by atoms with Crippen molar-refractivity contribution in [2.24, 2.45) is 5.92 Å². The number of fused-ring (bicyclic) bond motifs is 3. The van der Waals surface area contributed by atoms with Crippen LogP contribution in [0.4, 0.5) is 5.13 Å². The first-order chi connectivity index (χ1) is 11.7. The maximum Gasteiger partial charge on any atom is 0.274 e. The molecule has 0 N–H and O–H groups in total. The normalized spacial score (nSPS) is 23.9. The summed E-state index contributed by atoms with van der Waals surface area (Å²) in [5.74, 6) is 0.944. The van der Waals surface area contributed by atoms with Crippen LogP contribution in [0.25, 0.3) is 0 Å². The Kier molecular flexibility index (Phi) is 4.11. The molecule has 2 atom stereocenters. The molecule has 0 saturated carbocycles. The molecule has 0 unspecified atom stereocenters. The molecule has 1 amide bonds. The molecule has 9 heteroatoms. The van der Waals surface area contributed by atoms with Crippen LogP contribution < -0.4 is 4.90 Å². The molecule has 8 nitrogen and oxygen atoms in total. The van der Waals surface area contributed by atoms with Crippen LogP contribution in [0.5, 0.6) is 0 Å². The number of hydrogen-bond acceptors (Lipinski definition) is 8. The molecule has 4 heterocycles. The van der Waals surface area contributed by atoms with E-state index in [0.717, 1.165) is 17.5 Å². The van der Waals surface area contributed by atoms with Crippen LogP contribution in [0.1, 0.15) is 16.3 Å². The Morgan fingerprint density at radius 3 is 2.96 bits per heavy atom. The van der Waals surface area contributed by atoms with Gasteiger partial charge in [0.05, 0.1) is 25.5 Å². The highest BCUT2D eigenvalue weighted by atomic mass is 32.1. The number of anilines is 1. The van der Waals surface area contributed by atoms with Crippen LogP contribution in [0.3, 0.4) is 0 Å². The molecule has 2 aromatic heterocycles. The van der Waals surface area contributed by atoms with Crippen LogP contribution in [0, 0.1) is 12.8 Å². The van der Waals surface area contributed by atoms with E-state index in [1.54, 1.807) is 12.4 Å². The van der Waals surface area contributed by atoms with E-state index in [0.29, 0.717) is 32.0 Å². The summed E-state index contributed by atoms with van der Waals surface area (Å²) in [5.41, 5.74) is 0.386. The highest BCUT2D eigenvalue weighted by Gasteiger charge is 2.37. The Balaban J connectivity index is 1.60. The summed E-state index contributed by atoms with van der Waals surface area (Å²) >= 11 is 1.40. The topological polar surface area (TPSA) is 84.3 Å². The first kappa shape index (κ1) is 15.4. The molecule has 2 aliphatic rings. The predicted octanol–water partition coefficient (Wildman–Crippen LogP) is 0.614. The number of nitrogens with zero attached hydrogens (tertiary/aromatic N) is 6. The Hall–Kier alpha value is -2.13. The van der Waals surface area contributed by atoms with Crippen molar-refractivity contribution in [1.29, 1.82) is 0 Å². The molecule has 2 saturated heterocycles. The first-order valence-corrected chi connectivity index (χ1v) is 8.68. The van der Waals surface area contributed by atoms with Gasteiger partial charge in [-0.25, -0.2) is 9.97 Å². The molecule has 2 aliphatic heterocycles. The second-order valence-electron chi connectivity index (χ2n) is 6.13. The molecule has 2 aromatic rings. The SMILES string of the molecule is Cc1nsc(N2C[C@H]3COC[C@@H]2CN(C(=O)c2cnccn2)C3)n1. The third-order valence-electron chi connectivity index (χ3n) is 4.30. The lowest BCUT2D eigenvalue weighted by molar-refractivity contribution is 0.0492. The Morgan fingerprint density at radius 2 is 2.21 bits per heavy atom. The van der Waals surface area contributed by atoms with Gasteiger partial charge < -0.3 is 14.5 Å². The van der Waals surface area contributed by atoms with Crippen molar-refractivity contribution in [3.63, 3.8) is 0 Å². The standard InChI is InChI=1S/C15H18N6O2S/c1-10-18-15(24-19-10)21-6-11-5-20(7-12(21)9-23-8-11)14(22)13-4-16-2-3-17-13/h2-4,11-12H,5-9H2,1H3/t11-,12-/m0/s1. The molecule has 4 rings (SSSR count). The minimum atomic E-state index is -0.0738. The molecule has 24 heavy (non-hydrogen) atoms. The highest BCUT2D eigenvalue weighted by molar-refractivity contribution is 7.09. The fraction of sp³-hybridized carbons (Fsp3) is 0.533. The molecule has 0 radical (unpaired) electrons. The zero-order valence-corrected chi connectivity index (χ0v) is 14.1. The molecular weight excluding hydrogens is 328 g/mol. The van der Waals surface area contributed by atoms with Gasteiger partial charge >= 0.3 is 0 Å². The lowest BCUT2D eigenvalue weighted by atomic mass is 10.1. The zero-order chi connectivity index (χ0) is 16.5. The Morgan fingerprint density at radius 1 is 1.29 bits per heavy atom. The lowest BCUT2D eigenvalue weighted by Gasteiger charge is -2.30. The van der Waals surface area contributed by atoms with Gasteiger partial charge in [0.15, 0.2) is 0 Å². The van der Waals surface area contributed by atoms with Crippen molar-refractivity contribution in [1.82, 2.24) is 24.2 Å². The Labute approximate surface area is 143 Å². The highest BCUT2D eigenvalue weighted by Crippen LogP contribution is 2.27.